The number of alkyl halides is 2. The van der Waals surface area contributed by atoms with Crippen LogP contribution in [0.1, 0.15) is 37.7 Å². The number of rotatable bonds is 9. The summed E-state index contributed by atoms with van der Waals surface area (Å²) in [7, 11) is -4.56. The number of sulfonamides is 1. The molecule has 4 aromatic rings. The second-order valence-corrected chi connectivity index (χ2v) is 14.9. The van der Waals surface area contributed by atoms with E-state index in [-0.39, 0.29) is 23.0 Å². The van der Waals surface area contributed by atoms with Crippen molar-refractivity contribution >= 4 is 38.3 Å². The highest BCUT2D eigenvalue weighted by Crippen LogP contribution is 2.38. The Hall–Kier alpha value is -3.57. The molecule has 2 heterocycles. The van der Waals surface area contributed by atoms with E-state index >= 15 is 8.78 Å². The monoisotopic (exact) mass is 679 g/mol. The molecule has 0 unspecified atom stereocenters. The largest absolute Gasteiger partial charge is 0.490 e. The van der Waals surface area contributed by atoms with Crippen molar-refractivity contribution in [2.45, 2.75) is 61.1 Å². The number of hydrogen-bond donors (Lipinski definition) is 2. The van der Waals surface area contributed by atoms with Gasteiger partial charge in [0.2, 0.25) is 15.9 Å². The van der Waals surface area contributed by atoms with Gasteiger partial charge < -0.3 is 15.0 Å². The topological polar surface area (TPSA) is 87.7 Å². The number of ether oxygens (including phenoxy) is 1. The predicted octanol–water partition coefficient (Wildman–Crippen LogP) is 6.74. The second-order valence-electron chi connectivity index (χ2n) is 12.8. The van der Waals surface area contributed by atoms with Gasteiger partial charge in [-0.15, -0.1) is 0 Å². The molecule has 3 fully saturated rings. The molecule has 0 aromatic heterocycles. The summed E-state index contributed by atoms with van der Waals surface area (Å²) < 4.78 is 69.0. The zero-order valence-electron chi connectivity index (χ0n) is 25.7. The number of nitrogens with zero attached hydrogens (tertiary/aromatic N) is 1. The minimum Gasteiger partial charge on any atom is -0.490 e. The van der Waals surface area contributed by atoms with E-state index in [1.54, 1.807) is 42.5 Å². The molecule has 246 valence electrons. The van der Waals surface area contributed by atoms with E-state index in [4.69, 9.17) is 16.3 Å². The van der Waals surface area contributed by atoms with E-state index in [1.807, 2.05) is 6.07 Å². The third kappa shape index (κ3) is 6.48. The van der Waals surface area contributed by atoms with E-state index in [1.165, 1.54) is 41.3 Å². The van der Waals surface area contributed by atoms with Crippen molar-refractivity contribution in [2.75, 3.05) is 19.6 Å². The summed E-state index contributed by atoms with van der Waals surface area (Å²) in [4.78, 5) is 15.2. The molecule has 2 N–H and O–H groups in total. The van der Waals surface area contributed by atoms with Crippen molar-refractivity contribution in [3.05, 3.63) is 95.5 Å². The first-order valence-electron chi connectivity index (χ1n) is 16.1. The molecule has 1 amide bonds. The maximum Gasteiger partial charge on any atom is 0.298 e. The molecule has 3 atom stereocenters. The molecular weight excluding hydrogens is 644 g/mol. The lowest BCUT2D eigenvalue weighted by molar-refractivity contribution is -0.145. The van der Waals surface area contributed by atoms with Gasteiger partial charge in [0.1, 0.15) is 5.75 Å². The van der Waals surface area contributed by atoms with E-state index < -0.39 is 33.5 Å². The predicted molar refractivity (Wildman–Crippen MR) is 178 cm³/mol. The van der Waals surface area contributed by atoms with Crippen LogP contribution in [0.2, 0.25) is 5.02 Å². The van der Waals surface area contributed by atoms with Crippen LogP contribution in [0.3, 0.4) is 0 Å². The van der Waals surface area contributed by atoms with Gasteiger partial charge >= 0.3 is 0 Å². The molecule has 1 aliphatic carbocycles. The molecule has 0 radical (unpaired) electrons. The highest BCUT2D eigenvalue weighted by Gasteiger charge is 2.52. The van der Waals surface area contributed by atoms with Crippen molar-refractivity contribution in [1.82, 2.24) is 14.9 Å². The minimum atomic E-state index is -4.56. The number of likely N-dealkylation sites (tertiary alicyclic amines) is 1. The fourth-order valence-electron chi connectivity index (χ4n) is 7.13. The van der Waals surface area contributed by atoms with Gasteiger partial charge in [0, 0.05) is 36.3 Å². The molecule has 7 nitrogen and oxygen atoms in total. The van der Waals surface area contributed by atoms with E-state index in [9.17, 15) is 13.2 Å². The van der Waals surface area contributed by atoms with Crippen molar-refractivity contribution in [3.8, 4) is 16.9 Å². The minimum absolute atomic E-state index is 0.145. The van der Waals surface area contributed by atoms with Gasteiger partial charge in [-0.1, -0.05) is 60.1 Å². The average molecular weight is 680 g/mol. The third-order valence-corrected chi connectivity index (χ3v) is 11.4. The summed E-state index contributed by atoms with van der Waals surface area (Å²) in [5.74, 6) is -3.95. The van der Waals surface area contributed by atoms with Gasteiger partial charge in [-0.3, -0.25) is 4.79 Å². The quantitative estimate of drug-likeness (QED) is 0.205. The maximum absolute atomic E-state index is 16.5. The number of benzene rings is 4. The molecule has 2 aliphatic heterocycles. The van der Waals surface area contributed by atoms with Gasteiger partial charge in [0.05, 0.1) is 11.0 Å². The number of amides is 1. The number of halogens is 3. The Morgan fingerprint density at radius 1 is 0.894 bits per heavy atom. The fourth-order valence-corrected chi connectivity index (χ4v) is 8.48. The molecule has 0 bridgehead atoms. The smallest absolute Gasteiger partial charge is 0.298 e. The van der Waals surface area contributed by atoms with Crippen LogP contribution in [-0.2, 0) is 20.7 Å². The molecule has 47 heavy (non-hydrogen) atoms. The summed E-state index contributed by atoms with van der Waals surface area (Å²) in [6.07, 6.45) is 5.13. The number of carbonyl (C=O) groups is 1. The third-order valence-electron chi connectivity index (χ3n) is 9.76. The number of carbonyl (C=O) groups excluding carboxylic acids is 1. The van der Waals surface area contributed by atoms with E-state index in [0.717, 1.165) is 36.6 Å². The molecule has 3 aliphatic rings. The van der Waals surface area contributed by atoms with Crippen LogP contribution >= 0.6 is 11.6 Å². The molecular formula is C36H36ClF2N3O4S. The van der Waals surface area contributed by atoms with Gasteiger partial charge in [-0.25, -0.2) is 8.42 Å². The second kappa shape index (κ2) is 12.8. The first kappa shape index (κ1) is 32.0. The van der Waals surface area contributed by atoms with Crippen LogP contribution in [-0.4, -0.2) is 57.0 Å². The molecule has 11 heteroatoms. The summed E-state index contributed by atoms with van der Waals surface area (Å²) in [6, 6.07) is 19.7. The normalized spacial score (nSPS) is 20.9. The Bertz CT molecular complexity index is 1880. The molecule has 7 rings (SSSR count). The lowest BCUT2D eigenvalue weighted by Crippen LogP contribution is -2.57. The van der Waals surface area contributed by atoms with Crippen LogP contribution in [0.25, 0.3) is 21.9 Å². The van der Waals surface area contributed by atoms with Gasteiger partial charge in [-0.05, 0) is 96.3 Å². The van der Waals surface area contributed by atoms with Crippen LogP contribution in [0.5, 0.6) is 5.75 Å². The van der Waals surface area contributed by atoms with Gasteiger partial charge in [0.25, 0.3) is 5.92 Å². The molecule has 0 spiro atoms. The summed E-state index contributed by atoms with van der Waals surface area (Å²) in [5.41, 5.74) is 0.991. The lowest BCUT2D eigenvalue weighted by atomic mass is 9.97. The van der Waals surface area contributed by atoms with Gasteiger partial charge in [-0.2, -0.15) is 13.5 Å². The lowest BCUT2D eigenvalue weighted by Gasteiger charge is -2.33. The van der Waals surface area contributed by atoms with Crippen LogP contribution in [0.4, 0.5) is 8.78 Å². The number of fused-ring (bicyclic) bond motifs is 2. The Morgan fingerprint density at radius 3 is 2.28 bits per heavy atom. The number of hydrogen-bond acceptors (Lipinski definition) is 5. The van der Waals surface area contributed by atoms with Crippen molar-refractivity contribution in [1.29, 1.82) is 0 Å². The van der Waals surface area contributed by atoms with Crippen LogP contribution in [0.15, 0.2) is 89.8 Å². The summed E-state index contributed by atoms with van der Waals surface area (Å²) in [6.45, 7) is 1.47. The average Bonchev–Trinajstić information content (AvgIpc) is 3.84. The Morgan fingerprint density at radius 2 is 1.55 bits per heavy atom. The van der Waals surface area contributed by atoms with Gasteiger partial charge in [0.15, 0.2) is 6.04 Å². The zero-order valence-corrected chi connectivity index (χ0v) is 27.2. The Labute approximate surface area is 278 Å². The van der Waals surface area contributed by atoms with Crippen LogP contribution in [0, 0.1) is 5.92 Å². The first-order chi connectivity index (χ1) is 22.6. The Balaban J connectivity index is 1.19. The highest BCUT2D eigenvalue weighted by atomic mass is 35.5. The number of nitrogens with one attached hydrogen (secondary N) is 2. The van der Waals surface area contributed by atoms with Crippen LogP contribution < -0.4 is 14.8 Å². The SMILES string of the molecule is O=C([C@@H](NS(=O)(=O)c1ccc2cc(OC3CCCC3)ccc2c1)C(F)(F)c1ccc(-c2ccc(Cl)cc2)cc1)N1CC[C@@H]2CNC[C@@H]21. The Kier molecular flexibility index (Phi) is 8.72. The highest BCUT2D eigenvalue weighted by molar-refractivity contribution is 7.89. The fraction of sp³-hybridized carbons (Fsp3) is 0.361. The van der Waals surface area contributed by atoms with Crippen molar-refractivity contribution < 1.29 is 26.7 Å². The van der Waals surface area contributed by atoms with Crippen molar-refractivity contribution in [2.24, 2.45) is 5.92 Å². The summed E-state index contributed by atoms with van der Waals surface area (Å²) >= 11 is 6.00. The van der Waals surface area contributed by atoms with Crippen molar-refractivity contribution in [3.63, 3.8) is 0 Å². The van der Waals surface area contributed by atoms with E-state index in [2.05, 4.69) is 10.0 Å². The summed E-state index contributed by atoms with van der Waals surface area (Å²) in [5, 5.41) is 5.14. The maximum atomic E-state index is 16.5. The molecule has 4 aromatic carbocycles. The first-order valence-corrected chi connectivity index (χ1v) is 17.9. The standard InChI is InChI=1S/C36H36ClF2N3O4S/c37-29-13-7-24(8-14-29)23-5-11-28(12-6-23)36(38,39)34(35(43)42-18-17-27-21-40-22-33(27)42)41-47(44,45)32-16-10-25-19-31(15-9-26(25)20-32)46-30-3-1-2-4-30/h5-16,19-20,27,30,33-34,40-41H,1-4,17-18,21-22H2/t27-,33+,34-/m1/s1. The molecule has 1 saturated carbocycles. The zero-order chi connectivity index (χ0) is 32.8. The molecule has 2 saturated heterocycles. The van der Waals surface area contributed by atoms with E-state index in [0.29, 0.717) is 47.8 Å².